The van der Waals surface area contributed by atoms with Gasteiger partial charge in [0, 0.05) is 17.0 Å². The fourth-order valence-electron chi connectivity index (χ4n) is 3.12. The summed E-state index contributed by atoms with van der Waals surface area (Å²) in [5, 5.41) is 14.1. The molecule has 0 radical (unpaired) electrons. The molecular formula is C19H15NO3. The van der Waals surface area contributed by atoms with Crippen molar-refractivity contribution in [1.82, 2.24) is 0 Å². The molecule has 4 nitrogen and oxygen atoms in total. The van der Waals surface area contributed by atoms with E-state index in [2.05, 4.69) is 17.3 Å². The van der Waals surface area contributed by atoms with E-state index in [0.29, 0.717) is 5.58 Å². The van der Waals surface area contributed by atoms with Crippen molar-refractivity contribution in [3.05, 3.63) is 65.4 Å². The van der Waals surface area contributed by atoms with Crippen LogP contribution in [0.3, 0.4) is 0 Å². The predicted octanol–water partition coefficient (Wildman–Crippen LogP) is 4.75. The third-order valence-electron chi connectivity index (χ3n) is 4.14. The van der Waals surface area contributed by atoms with Crippen LogP contribution in [0.5, 0.6) is 0 Å². The lowest BCUT2D eigenvalue weighted by Crippen LogP contribution is -2.01. The molecule has 4 aromatic rings. The molecule has 0 aliphatic carbocycles. The van der Waals surface area contributed by atoms with E-state index in [0.717, 1.165) is 38.6 Å². The number of hydrogen-bond acceptors (Lipinski definition) is 4. The largest absolute Gasteiger partial charge is 0.463 e. The molecule has 4 heteroatoms. The molecule has 2 aromatic carbocycles. The predicted molar refractivity (Wildman–Crippen MR) is 88.2 cm³/mol. The molecule has 0 amide bonds. The van der Waals surface area contributed by atoms with Crippen molar-refractivity contribution < 1.29 is 14.0 Å². The van der Waals surface area contributed by atoms with E-state index in [-0.39, 0.29) is 5.55 Å². The zero-order valence-electron chi connectivity index (χ0n) is 12.8. The zero-order chi connectivity index (χ0) is 16.0. The van der Waals surface area contributed by atoms with Gasteiger partial charge in [0.05, 0.1) is 11.6 Å². The smallest absolute Gasteiger partial charge is 0.255 e. The molecule has 0 bridgehead atoms. The average Bonchev–Trinajstić information content (AvgIpc) is 3.00. The summed E-state index contributed by atoms with van der Waals surface area (Å²) < 4.78 is 11.5. The highest BCUT2D eigenvalue weighted by Gasteiger charge is 2.16. The number of fused-ring (bicyclic) bond motifs is 3. The number of aryl methyl sites for hydroxylation is 2. The lowest BCUT2D eigenvalue weighted by molar-refractivity contribution is 0.277. The summed E-state index contributed by atoms with van der Waals surface area (Å²) in [6.45, 7) is 3.98. The van der Waals surface area contributed by atoms with Crippen molar-refractivity contribution in [2.24, 2.45) is 5.16 Å². The summed E-state index contributed by atoms with van der Waals surface area (Å²) in [5.74, 6) is 0. The molecule has 23 heavy (non-hydrogen) atoms. The van der Waals surface area contributed by atoms with Crippen LogP contribution in [0.1, 0.15) is 11.1 Å². The van der Waals surface area contributed by atoms with Crippen LogP contribution in [-0.4, -0.2) is 5.21 Å². The number of furan rings is 1. The third-order valence-corrected chi connectivity index (χ3v) is 4.14. The van der Waals surface area contributed by atoms with E-state index >= 15 is 0 Å². The fourth-order valence-corrected chi connectivity index (χ4v) is 3.12. The van der Waals surface area contributed by atoms with Gasteiger partial charge in [0.25, 0.3) is 5.55 Å². The number of rotatable bonds is 1. The summed E-state index contributed by atoms with van der Waals surface area (Å²) in [6.07, 6.45) is 1.79. The summed E-state index contributed by atoms with van der Waals surface area (Å²) >= 11 is 0. The Balaban J connectivity index is 2.15. The van der Waals surface area contributed by atoms with Gasteiger partial charge in [-0.15, -0.1) is 0 Å². The van der Waals surface area contributed by atoms with E-state index in [1.807, 2.05) is 38.1 Å². The molecule has 0 aliphatic rings. The van der Waals surface area contributed by atoms with Gasteiger partial charge in [-0.25, -0.2) is 0 Å². The Morgan fingerprint density at radius 1 is 0.957 bits per heavy atom. The lowest BCUT2D eigenvalue weighted by atomic mass is 9.98. The van der Waals surface area contributed by atoms with Gasteiger partial charge in [0.15, 0.2) is 0 Å². The Kier molecular flexibility index (Phi) is 2.98. The summed E-state index contributed by atoms with van der Waals surface area (Å²) in [5.41, 5.74) is 5.81. The molecule has 0 fully saturated rings. The number of nitrogens with zero attached hydrogens (tertiary/aromatic N) is 1. The molecule has 2 heterocycles. The number of benzene rings is 2. The van der Waals surface area contributed by atoms with E-state index in [1.54, 1.807) is 12.3 Å². The first-order valence-electron chi connectivity index (χ1n) is 7.38. The molecule has 0 spiro atoms. The second-order valence-corrected chi connectivity index (χ2v) is 5.65. The quantitative estimate of drug-likeness (QED) is 0.407. The van der Waals surface area contributed by atoms with Crippen LogP contribution in [0.25, 0.3) is 33.1 Å². The van der Waals surface area contributed by atoms with Crippen molar-refractivity contribution in [2.75, 3.05) is 0 Å². The van der Waals surface area contributed by atoms with Gasteiger partial charge in [-0.2, -0.15) is 0 Å². The van der Waals surface area contributed by atoms with Crippen LogP contribution in [0.4, 0.5) is 0 Å². The van der Waals surface area contributed by atoms with E-state index in [1.165, 1.54) is 0 Å². The SMILES string of the molecule is Cc1cc2o/c(=N\O)cc(C)c2c2occ(-c3ccccc3)c12. The van der Waals surface area contributed by atoms with Crippen LogP contribution < -0.4 is 5.55 Å². The minimum absolute atomic E-state index is 0.184. The highest BCUT2D eigenvalue weighted by molar-refractivity contribution is 6.10. The molecule has 4 rings (SSSR count). The Labute approximate surface area is 132 Å². The minimum Gasteiger partial charge on any atom is -0.463 e. The van der Waals surface area contributed by atoms with E-state index in [9.17, 15) is 0 Å². The zero-order valence-corrected chi connectivity index (χ0v) is 12.8. The summed E-state index contributed by atoms with van der Waals surface area (Å²) in [6, 6.07) is 13.8. The van der Waals surface area contributed by atoms with Gasteiger partial charge in [-0.1, -0.05) is 30.3 Å². The second-order valence-electron chi connectivity index (χ2n) is 5.65. The van der Waals surface area contributed by atoms with Gasteiger partial charge in [0.1, 0.15) is 11.2 Å². The molecule has 0 aliphatic heterocycles. The molecule has 2 aromatic heterocycles. The highest BCUT2D eigenvalue weighted by Crippen LogP contribution is 2.37. The molecule has 0 atom stereocenters. The normalized spacial score (nSPS) is 12.3. The van der Waals surface area contributed by atoms with Gasteiger partial charge in [-0.05, 0) is 41.8 Å². The first kappa shape index (κ1) is 13.6. The van der Waals surface area contributed by atoms with Crippen LogP contribution in [-0.2, 0) is 0 Å². The molecule has 0 unspecified atom stereocenters. The highest BCUT2D eigenvalue weighted by atomic mass is 16.5. The lowest BCUT2D eigenvalue weighted by Gasteiger charge is -2.06. The van der Waals surface area contributed by atoms with Crippen molar-refractivity contribution in [1.29, 1.82) is 0 Å². The fraction of sp³-hybridized carbons (Fsp3) is 0.105. The Morgan fingerprint density at radius 2 is 1.70 bits per heavy atom. The topological polar surface area (TPSA) is 58.9 Å². The van der Waals surface area contributed by atoms with E-state index < -0.39 is 0 Å². The molecule has 1 N–H and O–H groups in total. The van der Waals surface area contributed by atoms with Crippen LogP contribution in [0.15, 0.2) is 62.7 Å². The second kappa shape index (κ2) is 5.02. The van der Waals surface area contributed by atoms with Crippen molar-refractivity contribution in [2.45, 2.75) is 13.8 Å². The van der Waals surface area contributed by atoms with Gasteiger partial charge >= 0.3 is 0 Å². The molecule has 114 valence electrons. The Bertz CT molecular complexity index is 1090. The van der Waals surface area contributed by atoms with Crippen molar-refractivity contribution >= 4 is 21.9 Å². The van der Waals surface area contributed by atoms with Gasteiger partial charge in [0.2, 0.25) is 0 Å². The first-order chi connectivity index (χ1) is 11.2. The maximum atomic E-state index is 8.96. The first-order valence-corrected chi connectivity index (χ1v) is 7.38. The van der Waals surface area contributed by atoms with Crippen molar-refractivity contribution in [3.8, 4) is 11.1 Å². The summed E-state index contributed by atoms with van der Waals surface area (Å²) in [4.78, 5) is 0. The van der Waals surface area contributed by atoms with E-state index in [4.69, 9.17) is 14.0 Å². The van der Waals surface area contributed by atoms with Gasteiger partial charge < -0.3 is 14.0 Å². The third kappa shape index (κ3) is 2.03. The molecule has 0 saturated heterocycles. The standard InChI is InChI=1S/C19H15NO3/c1-11-8-15-18(12(2)9-16(20-21)23-15)19-17(11)14(10-22-19)13-6-4-3-5-7-13/h3-10,21H,1-2H3/b20-16-. The maximum absolute atomic E-state index is 8.96. The molecule has 0 saturated carbocycles. The van der Waals surface area contributed by atoms with Gasteiger partial charge in [-0.3, -0.25) is 0 Å². The number of hydrogen-bond donors (Lipinski definition) is 1. The Morgan fingerprint density at radius 3 is 2.43 bits per heavy atom. The Hall–Kier alpha value is -3.01. The van der Waals surface area contributed by atoms with Crippen LogP contribution in [0.2, 0.25) is 0 Å². The minimum atomic E-state index is 0.184. The average molecular weight is 305 g/mol. The van der Waals surface area contributed by atoms with Crippen LogP contribution >= 0.6 is 0 Å². The van der Waals surface area contributed by atoms with Crippen LogP contribution in [0, 0.1) is 13.8 Å². The monoisotopic (exact) mass is 305 g/mol. The maximum Gasteiger partial charge on any atom is 0.255 e. The van der Waals surface area contributed by atoms with Crippen molar-refractivity contribution in [3.63, 3.8) is 0 Å². The summed E-state index contributed by atoms with van der Waals surface area (Å²) in [7, 11) is 0. The molecular weight excluding hydrogens is 290 g/mol.